The number of aromatic nitrogens is 3. The molecule has 0 saturated heterocycles. The summed E-state index contributed by atoms with van der Waals surface area (Å²) in [4.78, 5) is 16.5. The van der Waals surface area contributed by atoms with Crippen LogP contribution in [0, 0.1) is 6.92 Å². The van der Waals surface area contributed by atoms with E-state index in [0.717, 1.165) is 16.5 Å². The lowest BCUT2D eigenvalue weighted by atomic mass is 10.1. The number of nitrogens with one attached hydrogen (secondary N) is 2. The molecule has 0 aliphatic heterocycles. The Labute approximate surface area is 182 Å². The van der Waals surface area contributed by atoms with Gasteiger partial charge >= 0.3 is 6.03 Å². The smallest absolute Gasteiger partial charge is 0.319 e. The Morgan fingerprint density at radius 1 is 1.19 bits per heavy atom. The Balaban J connectivity index is 0.00000193. The third kappa shape index (κ3) is 4.74. The molecule has 0 bridgehead atoms. The highest BCUT2D eigenvalue weighted by atomic mass is 19.1. The molecule has 0 radical (unpaired) electrons. The van der Waals surface area contributed by atoms with Crippen molar-refractivity contribution in [3.63, 3.8) is 0 Å². The average Bonchev–Trinajstić information content (AvgIpc) is 3.32. The lowest BCUT2D eigenvalue weighted by Gasteiger charge is -2.18. The molecule has 0 fully saturated rings. The van der Waals surface area contributed by atoms with Gasteiger partial charge in [-0.25, -0.2) is 9.18 Å². The van der Waals surface area contributed by atoms with Gasteiger partial charge in [-0.3, -0.25) is 0 Å². The number of hydrogen-bond donors (Lipinski definition) is 2. The molecule has 164 valence electrons. The third-order valence-corrected chi connectivity index (χ3v) is 4.83. The highest BCUT2D eigenvalue weighted by molar-refractivity contribution is 5.89. The lowest BCUT2D eigenvalue weighted by Crippen LogP contribution is -2.28. The SMILES string of the molecule is Cc1cccc2c1cc(-c1noc(CNC(=O)Nc3ccccc3)n1)n2CC(C)(C)F.[HH].[HH]. The minimum Gasteiger partial charge on any atom is -0.337 e. The zero-order valence-electron chi connectivity index (χ0n) is 17.6. The zero-order valence-corrected chi connectivity index (χ0v) is 17.6. The third-order valence-electron chi connectivity index (χ3n) is 4.83. The first-order valence-corrected chi connectivity index (χ1v) is 10.0. The molecule has 0 aliphatic carbocycles. The second kappa shape index (κ2) is 8.22. The molecule has 2 aromatic heterocycles. The summed E-state index contributed by atoms with van der Waals surface area (Å²) in [6.07, 6.45) is 0. The fourth-order valence-electron chi connectivity index (χ4n) is 3.45. The summed E-state index contributed by atoms with van der Waals surface area (Å²) in [5.41, 5.74) is 1.91. The molecule has 0 aliphatic rings. The summed E-state index contributed by atoms with van der Waals surface area (Å²) in [5, 5.41) is 10.5. The zero-order chi connectivity index (χ0) is 22.0. The minimum atomic E-state index is -1.42. The van der Waals surface area contributed by atoms with Gasteiger partial charge in [0.25, 0.3) is 0 Å². The Kier molecular flexibility index (Phi) is 5.46. The van der Waals surface area contributed by atoms with E-state index < -0.39 is 5.67 Å². The number of fused-ring (bicyclic) bond motifs is 1. The molecule has 4 rings (SSSR count). The predicted molar refractivity (Wildman–Crippen MR) is 122 cm³/mol. The number of urea groups is 1. The predicted octanol–water partition coefficient (Wildman–Crippen LogP) is 5.56. The molecule has 0 saturated carbocycles. The number of rotatable bonds is 6. The van der Waals surface area contributed by atoms with Crippen LogP contribution in [0.2, 0.25) is 0 Å². The van der Waals surface area contributed by atoms with Crippen LogP contribution in [0.4, 0.5) is 14.9 Å². The van der Waals surface area contributed by atoms with Crippen LogP contribution in [0.25, 0.3) is 22.4 Å². The highest BCUT2D eigenvalue weighted by Crippen LogP contribution is 2.31. The van der Waals surface area contributed by atoms with Gasteiger partial charge in [-0.2, -0.15) is 4.98 Å². The van der Waals surface area contributed by atoms with Crippen molar-refractivity contribution in [2.45, 2.75) is 39.5 Å². The molecule has 0 spiro atoms. The number of carbonyl (C=O) groups is 1. The van der Waals surface area contributed by atoms with Crippen LogP contribution < -0.4 is 10.6 Å². The maximum Gasteiger partial charge on any atom is 0.319 e. The van der Waals surface area contributed by atoms with Gasteiger partial charge in [0.1, 0.15) is 5.67 Å². The number of nitrogens with zero attached hydrogens (tertiary/aromatic N) is 3. The number of alkyl halides is 1. The average molecular weight is 426 g/mol. The molecule has 0 atom stereocenters. The Bertz CT molecular complexity index is 1220. The topological polar surface area (TPSA) is 85.0 Å². The number of hydrogen-bond acceptors (Lipinski definition) is 4. The van der Waals surface area contributed by atoms with E-state index in [0.29, 0.717) is 17.2 Å². The first-order chi connectivity index (χ1) is 14.8. The summed E-state index contributed by atoms with van der Waals surface area (Å²) in [6, 6.07) is 16.6. The highest BCUT2D eigenvalue weighted by Gasteiger charge is 2.23. The molecule has 2 aromatic carbocycles. The van der Waals surface area contributed by atoms with Gasteiger partial charge in [0.05, 0.1) is 18.8 Å². The Hall–Kier alpha value is -3.68. The van der Waals surface area contributed by atoms with E-state index in [2.05, 4.69) is 20.8 Å². The number of para-hydroxylation sites is 1. The molecule has 2 amide bonds. The fraction of sp³-hybridized carbons (Fsp3) is 0.261. The van der Waals surface area contributed by atoms with E-state index in [4.69, 9.17) is 4.52 Å². The van der Waals surface area contributed by atoms with Crippen LogP contribution in [-0.4, -0.2) is 26.4 Å². The van der Waals surface area contributed by atoms with Crippen LogP contribution in [0.1, 0.15) is 28.2 Å². The van der Waals surface area contributed by atoms with Crippen molar-refractivity contribution in [3.05, 3.63) is 66.1 Å². The van der Waals surface area contributed by atoms with Crippen LogP contribution in [0.5, 0.6) is 0 Å². The van der Waals surface area contributed by atoms with E-state index in [1.165, 1.54) is 13.8 Å². The van der Waals surface area contributed by atoms with E-state index in [1.54, 1.807) is 12.1 Å². The number of halogens is 1. The molecule has 4 aromatic rings. The quantitative estimate of drug-likeness (QED) is 0.423. The first-order valence-electron chi connectivity index (χ1n) is 10.0. The van der Waals surface area contributed by atoms with Crippen molar-refractivity contribution < 1.29 is 16.6 Å². The summed E-state index contributed by atoms with van der Waals surface area (Å²) in [7, 11) is 0. The van der Waals surface area contributed by atoms with Crippen molar-refractivity contribution in [1.29, 1.82) is 0 Å². The van der Waals surface area contributed by atoms with Crippen molar-refractivity contribution >= 4 is 22.6 Å². The second-order valence-electron chi connectivity index (χ2n) is 8.03. The summed E-state index contributed by atoms with van der Waals surface area (Å²) in [5.74, 6) is 0.603. The van der Waals surface area contributed by atoms with Crippen molar-refractivity contribution in [1.82, 2.24) is 20.0 Å². The normalized spacial score (nSPS) is 11.6. The lowest BCUT2D eigenvalue weighted by molar-refractivity contribution is 0.189. The standard InChI is InChI=1S/C23H24FN5O2.2H2/c1-15-8-7-11-18-17(15)12-19(29(18)14-23(2,3)24)21-27-20(31-28-21)13-25-22(30)26-16-9-5-4-6-10-16;;/h4-12H,13-14H2,1-3H3,(H2,25,26,30);2*1H. The largest absolute Gasteiger partial charge is 0.337 e. The van der Waals surface area contributed by atoms with E-state index in [1.807, 2.05) is 54.0 Å². The van der Waals surface area contributed by atoms with Crippen molar-refractivity contribution in [2.75, 3.05) is 5.32 Å². The van der Waals surface area contributed by atoms with Gasteiger partial charge in [-0.05, 0) is 50.6 Å². The first kappa shape index (κ1) is 20.6. The van der Waals surface area contributed by atoms with E-state index in [9.17, 15) is 9.18 Å². The molecule has 7 nitrogen and oxygen atoms in total. The van der Waals surface area contributed by atoms with E-state index in [-0.39, 0.29) is 27.9 Å². The van der Waals surface area contributed by atoms with Crippen molar-refractivity contribution in [3.8, 4) is 11.5 Å². The maximum atomic E-state index is 14.5. The number of anilines is 1. The minimum absolute atomic E-state index is 0. The molecule has 31 heavy (non-hydrogen) atoms. The summed E-state index contributed by atoms with van der Waals surface area (Å²) < 4.78 is 21.7. The number of amides is 2. The number of aryl methyl sites for hydroxylation is 1. The monoisotopic (exact) mass is 425 g/mol. The Morgan fingerprint density at radius 3 is 2.71 bits per heavy atom. The van der Waals surface area contributed by atoms with Gasteiger partial charge in [0.2, 0.25) is 11.7 Å². The summed E-state index contributed by atoms with van der Waals surface area (Å²) >= 11 is 0. The molecular weight excluding hydrogens is 397 g/mol. The number of benzene rings is 2. The fourth-order valence-corrected chi connectivity index (χ4v) is 3.45. The molecule has 2 N–H and O–H groups in total. The van der Waals surface area contributed by atoms with Crippen LogP contribution in [-0.2, 0) is 13.1 Å². The van der Waals surface area contributed by atoms with Crippen molar-refractivity contribution in [2.24, 2.45) is 0 Å². The molecule has 8 heteroatoms. The van der Waals surface area contributed by atoms with Crippen LogP contribution >= 0.6 is 0 Å². The van der Waals surface area contributed by atoms with Crippen LogP contribution in [0.15, 0.2) is 59.1 Å². The molecule has 2 heterocycles. The summed E-state index contributed by atoms with van der Waals surface area (Å²) in [6.45, 7) is 5.30. The van der Waals surface area contributed by atoms with Gasteiger partial charge in [0, 0.05) is 19.4 Å². The number of carbonyl (C=O) groups excluding carboxylic acids is 1. The molecular formula is C23H28FN5O2. The van der Waals surface area contributed by atoms with Gasteiger partial charge in [-0.1, -0.05) is 35.5 Å². The van der Waals surface area contributed by atoms with Gasteiger partial charge < -0.3 is 19.7 Å². The maximum absolute atomic E-state index is 14.5. The van der Waals surface area contributed by atoms with Gasteiger partial charge in [-0.15, -0.1) is 0 Å². The van der Waals surface area contributed by atoms with Crippen LogP contribution in [0.3, 0.4) is 0 Å². The second-order valence-corrected chi connectivity index (χ2v) is 8.03. The Morgan fingerprint density at radius 2 is 1.97 bits per heavy atom. The molecule has 0 unspecified atom stereocenters. The van der Waals surface area contributed by atoms with Gasteiger partial charge in [0.15, 0.2) is 0 Å². The van der Waals surface area contributed by atoms with E-state index >= 15 is 0 Å².